The van der Waals surface area contributed by atoms with Crippen LogP contribution in [0.4, 0.5) is 9.52 Å². The molecule has 6 nitrogen and oxygen atoms in total. The highest BCUT2D eigenvalue weighted by atomic mass is 35.5. The van der Waals surface area contributed by atoms with Crippen molar-refractivity contribution in [2.24, 2.45) is 5.92 Å². The third-order valence-electron chi connectivity index (χ3n) is 5.26. The van der Waals surface area contributed by atoms with Crippen LogP contribution in [0, 0.1) is 11.7 Å². The van der Waals surface area contributed by atoms with Crippen molar-refractivity contribution in [3.8, 4) is 0 Å². The molecule has 0 saturated carbocycles. The molecule has 9 heteroatoms. The Kier molecular flexibility index (Phi) is 5.06. The van der Waals surface area contributed by atoms with Crippen molar-refractivity contribution in [1.29, 1.82) is 0 Å². The van der Waals surface area contributed by atoms with Gasteiger partial charge in [0.15, 0.2) is 5.43 Å². The summed E-state index contributed by atoms with van der Waals surface area (Å²) in [6.07, 6.45) is 0.716. The number of amides is 1. The average molecular weight is 470 g/mol. The number of halogens is 2. The van der Waals surface area contributed by atoms with Crippen LogP contribution in [0.15, 0.2) is 51.7 Å². The summed E-state index contributed by atoms with van der Waals surface area (Å²) in [6.45, 7) is 4.14. The van der Waals surface area contributed by atoms with Crippen LogP contribution in [0.2, 0.25) is 5.02 Å². The van der Waals surface area contributed by atoms with Gasteiger partial charge >= 0.3 is 0 Å². The molecule has 32 heavy (non-hydrogen) atoms. The molecular weight excluding hydrogens is 453 g/mol. The SMILES string of the molecule is CC(C)Cc1nnc(N2C(=O)c3oc4ccc(Cl)cc4c(=O)c3[C@@H]2c2ccc(F)cc2)s1. The number of nitrogens with zero attached hydrogens (tertiary/aromatic N) is 3. The predicted octanol–water partition coefficient (Wildman–Crippen LogP) is 5.39. The minimum Gasteiger partial charge on any atom is -0.450 e. The van der Waals surface area contributed by atoms with Gasteiger partial charge in [0.25, 0.3) is 5.91 Å². The Balaban J connectivity index is 1.74. The minimum absolute atomic E-state index is 0.0558. The quantitative estimate of drug-likeness (QED) is 0.400. The summed E-state index contributed by atoms with van der Waals surface area (Å²) in [7, 11) is 0. The summed E-state index contributed by atoms with van der Waals surface area (Å²) in [5, 5.41) is 10.2. The van der Waals surface area contributed by atoms with Crippen LogP contribution in [0.5, 0.6) is 0 Å². The molecular formula is C23H17ClFN3O3S. The molecule has 1 amide bonds. The smallest absolute Gasteiger partial charge is 0.297 e. The lowest BCUT2D eigenvalue weighted by Crippen LogP contribution is -2.29. The first-order valence-electron chi connectivity index (χ1n) is 10.0. The maximum absolute atomic E-state index is 13.6. The van der Waals surface area contributed by atoms with Crippen molar-refractivity contribution in [2.45, 2.75) is 26.3 Å². The molecule has 0 saturated heterocycles. The van der Waals surface area contributed by atoms with E-state index in [-0.39, 0.29) is 27.7 Å². The third kappa shape index (κ3) is 3.40. The van der Waals surface area contributed by atoms with E-state index in [0.29, 0.717) is 28.1 Å². The Morgan fingerprint density at radius 3 is 2.62 bits per heavy atom. The highest BCUT2D eigenvalue weighted by Crippen LogP contribution is 2.42. The Hall–Kier alpha value is -3.10. The molecule has 5 rings (SSSR count). The van der Waals surface area contributed by atoms with Crippen molar-refractivity contribution in [3.63, 3.8) is 0 Å². The summed E-state index contributed by atoms with van der Waals surface area (Å²) >= 11 is 7.38. The van der Waals surface area contributed by atoms with Gasteiger partial charge in [-0.3, -0.25) is 14.5 Å². The number of carbonyl (C=O) groups is 1. The topological polar surface area (TPSA) is 76.3 Å². The Morgan fingerprint density at radius 2 is 1.91 bits per heavy atom. The molecule has 4 aromatic rings. The number of fused-ring (bicyclic) bond motifs is 2. The summed E-state index contributed by atoms with van der Waals surface area (Å²) in [5.41, 5.74) is 0.648. The highest BCUT2D eigenvalue weighted by Gasteiger charge is 2.45. The van der Waals surface area contributed by atoms with Gasteiger partial charge in [0, 0.05) is 11.4 Å². The molecule has 3 heterocycles. The maximum Gasteiger partial charge on any atom is 0.297 e. The molecule has 0 aliphatic carbocycles. The van der Waals surface area contributed by atoms with E-state index in [1.54, 1.807) is 24.3 Å². The molecule has 0 fully saturated rings. The zero-order valence-electron chi connectivity index (χ0n) is 17.1. The lowest BCUT2D eigenvalue weighted by molar-refractivity contribution is 0.0970. The van der Waals surface area contributed by atoms with E-state index in [4.69, 9.17) is 16.0 Å². The van der Waals surface area contributed by atoms with Gasteiger partial charge in [-0.25, -0.2) is 4.39 Å². The van der Waals surface area contributed by atoms with Crippen LogP contribution in [0.1, 0.15) is 46.6 Å². The summed E-state index contributed by atoms with van der Waals surface area (Å²) in [5.74, 6) is -0.596. The normalized spacial score (nSPS) is 15.7. The number of benzene rings is 2. The third-order valence-corrected chi connectivity index (χ3v) is 6.44. The van der Waals surface area contributed by atoms with Crippen molar-refractivity contribution in [3.05, 3.63) is 85.4 Å². The second kappa shape index (κ2) is 7.79. The number of hydrogen-bond acceptors (Lipinski definition) is 6. The highest BCUT2D eigenvalue weighted by molar-refractivity contribution is 7.15. The molecule has 1 atom stereocenters. The van der Waals surface area contributed by atoms with Crippen LogP contribution < -0.4 is 10.3 Å². The number of carbonyl (C=O) groups excluding carboxylic acids is 1. The van der Waals surface area contributed by atoms with Gasteiger partial charge < -0.3 is 4.42 Å². The van der Waals surface area contributed by atoms with Crippen molar-refractivity contribution in [1.82, 2.24) is 10.2 Å². The first-order chi connectivity index (χ1) is 15.3. The first kappa shape index (κ1) is 20.8. The summed E-state index contributed by atoms with van der Waals surface area (Å²) in [6, 6.07) is 9.53. The van der Waals surface area contributed by atoms with E-state index in [0.717, 1.165) is 5.01 Å². The molecule has 1 aliphatic rings. The standard InChI is InChI=1S/C23H17ClFN3O3S/c1-11(2)9-17-26-27-23(32-17)28-19(12-3-6-14(25)7-4-12)18-20(29)15-10-13(24)5-8-16(15)31-21(18)22(28)30/h3-8,10-11,19H,9H2,1-2H3/t19-/m0/s1. The predicted molar refractivity (Wildman–Crippen MR) is 121 cm³/mol. The summed E-state index contributed by atoms with van der Waals surface area (Å²) < 4.78 is 19.5. The van der Waals surface area contributed by atoms with Crippen LogP contribution in [-0.2, 0) is 6.42 Å². The fraction of sp³-hybridized carbons (Fsp3) is 0.217. The molecule has 0 radical (unpaired) electrons. The van der Waals surface area contributed by atoms with E-state index >= 15 is 0 Å². The molecule has 0 N–H and O–H groups in total. The Labute approximate surface area is 191 Å². The molecule has 2 aromatic heterocycles. The maximum atomic E-state index is 13.6. The zero-order valence-corrected chi connectivity index (χ0v) is 18.7. The lowest BCUT2D eigenvalue weighted by atomic mass is 9.99. The Bertz CT molecular complexity index is 1410. The second-order valence-corrected chi connectivity index (χ2v) is 9.50. The average Bonchev–Trinajstić information content (AvgIpc) is 3.31. The molecule has 0 bridgehead atoms. The van der Waals surface area contributed by atoms with E-state index in [1.165, 1.54) is 34.4 Å². The molecule has 1 aliphatic heterocycles. The van der Waals surface area contributed by atoms with E-state index in [9.17, 15) is 14.0 Å². The van der Waals surface area contributed by atoms with E-state index < -0.39 is 17.8 Å². The minimum atomic E-state index is -0.822. The fourth-order valence-corrected chi connectivity index (χ4v) is 5.13. The molecule has 162 valence electrons. The van der Waals surface area contributed by atoms with Gasteiger partial charge in [0.2, 0.25) is 10.9 Å². The second-order valence-electron chi connectivity index (χ2n) is 8.02. The van der Waals surface area contributed by atoms with Gasteiger partial charge in [-0.2, -0.15) is 0 Å². The van der Waals surface area contributed by atoms with Gasteiger partial charge in [0.1, 0.15) is 16.4 Å². The lowest BCUT2D eigenvalue weighted by Gasteiger charge is -2.22. The number of rotatable bonds is 4. The molecule has 2 aromatic carbocycles. The number of anilines is 1. The zero-order chi connectivity index (χ0) is 22.6. The van der Waals surface area contributed by atoms with Gasteiger partial charge in [-0.1, -0.05) is 48.9 Å². The fourth-order valence-electron chi connectivity index (χ4n) is 3.88. The number of aromatic nitrogens is 2. The van der Waals surface area contributed by atoms with Crippen LogP contribution >= 0.6 is 22.9 Å². The van der Waals surface area contributed by atoms with Crippen molar-refractivity contribution in [2.75, 3.05) is 4.90 Å². The summed E-state index contributed by atoms with van der Waals surface area (Å²) in [4.78, 5) is 28.4. The number of hydrogen-bond donors (Lipinski definition) is 0. The monoisotopic (exact) mass is 469 g/mol. The van der Waals surface area contributed by atoms with Crippen LogP contribution in [0.3, 0.4) is 0 Å². The van der Waals surface area contributed by atoms with Crippen molar-refractivity contribution >= 4 is 44.9 Å². The van der Waals surface area contributed by atoms with Gasteiger partial charge in [0.05, 0.1) is 17.0 Å². The molecule has 0 spiro atoms. The van der Waals surface area contributed by atoms with Crippen LogP contribution in [-0.4, -0.2) is 16.1 Å². The van der Waals surface area contributed by atoms with Crippen molar-refractivity contribution < 1.29 is 13.6 Å². The van der Waals surface area contributed by atoms with E-state index in [2.05, 4.69) is 24.0 Å². The van der Waals surface area contributed by atoms with E-state index in [1.807, 2.05) is 0 Å². The first-order valence-corrected chi connectivity index (χ1v) is 11.2. The Morgan fingerprint density at radius 1 is 1.16 bits per heavy atom. The van der Waals surface area contributed by atoms with Gasteiger partial charge in [-0.05, 0) is 41.8 Å². The largest absolute Gasteiger partial charge is 0.450 e. The van der Waals surface area contributed by atoms with Gasteiger partial charge in [-0.15, -0.1) is 10.2 Å². The molecule has 0 unspecified atom stereocenters. The van der Waals surface area contributed by atoms with Crippen LogP contribution in [0.25, 0.3) is 11.0 Å².